The Morgan fingerprint density at radius 3 is 2.17 bits per heavy atom. The molecule has 0 aliphatic carbocycles. The quantitative estimate of drug-likeness (QED) is 0.315. The van der Waals surface area contributed by atoms with E-state index < -0.39 is 6.04 Å². The number of hydrogen-bond donors (Lipinski definition) is 1. The summed E-state index contributed by atoms with van der Waals surface area (Å²) in [6.07, 6.45) is 1.07. The van der Waals surface area contributed by atoms with Gasteiger partial charge in [0.05, 0.1) is 10.0 Å². The monoisotopic (exact) mass is 530 g/mol. The Morgan fingerprint density at radius 1 is 0.829 bits per heavy atom. The van der Waals surface area contributed by atoms with Crippen LogP contribution in [0.3, 0.4) is 0 Å². The van der Waals surface area contributed by atoms with Crippen LogP contribution in [-0.2, 0) is 29.0 Å². The summed E-state index contributed by atoms with van der Waals surface area (Å²) in [5.41, 5.74) is 2.65. The molecule has 7 heteroatoms. The normalized spacial score (nSPS) is 11.8. The molecule has 0 saturated heterocycles. The van der Waals surface area contributed by atoms with E-state index in [1.807, 2.05) is 74.5 Å². The molecule has 3 rings (SSSR count). The fourth-order valence-electron chi connectivity index (χ4n) is 3.86. The van der Waals surface area contributed by atoms with Crippen LogP contribution in [0.1, 0.15) is 37.0 Å². The summed E-state index contributed by atoms with van der Waals surface area (Å²) in [6, 6.07) is 21.7. The zero-order valence-electron chi connectivity index (χ0n) is 19.8. The number of aryl methyl sites for hydroxylation is 1. The zero-order chi connectivity index (χ0) is 25.4. The second-order valence-electron chi connectivity index (χ2n) is 8.73. The number of amides is 2. The smallest absolute Gasteiger partial charge is 0.243 e. The lowest BCUT2D eigenvalue weighted by Crippen LogP contribution is -2.51. The molecule has 0 aliphatic rings. The highest BCUT2D eigenvalue weighted by Gasteiger charge is 2.30. The Labute approximate surface area is 222 Å². The first-order valence-corrected chi connectivity index (χ1v) is 12.7. The second kappa shape index (κ2) is 13.0. The molecule has 1 atom stereocenters. The van der Waals surface area contributed by atoms with Crippen LogP contribution in [0.2, 0.25) is 15.1 Å². The Hall–Kier alpha value is -2.53. The third-order valence-corrected chi connectivity index (χ3v) is 6.71. The molecule has 0 aliphatic heterocycles. The molecule has 35 heavy (non-hydrogen) atoms. The summed E-state index contributed by atoms with van der Waals surface area (Å²) in [7, 11) is 0. The van der Waals surface area contributed by atoms with Gasteiger partial charge in [-0.3, -0.25) is 9.59 Å². The highest BCUT2D eigenvalue weighted by atomic mass is 35.5. The number of halogens is 3. The van der Waals surface area contributed by atoms with Crippen molar-refractivity contribution in [2.24, 2.45) is 0 Å². The van der Waals surface area contributed by atoms with Crippen molar-refractivity contribution in [1.82, 2.24) is 10.2 Å². The highest BCUT2D eigenvalue weighted by molar-refractivity contribution is 6.42. The van der Waals surface area contributed by atoms with Crippen LogP contribution in [0.15, 0.2) is 72.8 Å². The highest BCUT2D eigenvalue weighted by Crippen LogP contribution is 2.25. The largest absolute Gasteiger partial charge is 0.352 e. The van der Waals surface area contributed by atoms with Gasteiger partial charge in [-0.15, -0.1) is 0 Å². The van der Waals surface area contributed by atoms with Gasteiger partial charge >= 0.3 is 0 Å². The van der Waals surface area contributed by atoms with Crippen molar-refractivity contribution in [1.29, 1.82) is 0 Å². The minimum Gasteiger partial charge on any atom is -0.352 e. The van der Waals surface area contributed by atoms with Crippen LogP contribution in [0.4, 0.5) is 0 Å². The van der Waals surface area contributed by atoms with E-state index >= 15 is 0 Å². The summed E-state index contributed by atoms with van der Waals surface area (Å²) in [5.74, 6) is -0.342. The van der Waals surface area contributed by atoms with E-state index in [-0.39, 0.29) is 30.8 Å². The minimum atomic E-state index is -0.701. The summed E-state index contributed by atoms with van der Waals surface area (Å²) in [6.45, 7) is 4.03. The molecular formula is C28H29Cl3N2O2. The molecule has 0 radical (unpaired) electrons. The third-order valence-electron chi connectivity index (χ3n) is 5.60. The predicted molar refractivity (Wildman–Crippen MR) is 144 cm³/mol. The topological polar surface area (TPSA) is 49.4 Å². The van der Waals surface area contributed by atoms with Crippen molar-refractivity contribution in [3.05, 3.63) is 105 Å². The minimum absolute atomic E-state index is 0.0640. The van der Waals surface area contributed by atoms with Gasteiger partial charge in [-0.1, -0.05) is 89.4 Å². The third kappa shape index (κ3) is 7.99. The molecule has 4 nitrogen and oxygen atoms in total. The van der Waals surface area contributed by atoms with Gasteiger partial charge in [0.15, 0.2) is 0 Å². The number of carbonyl (C=O) groups is 2. The van der Waals surface area contributed by atoms with Gasteiger partial charge in [-0.2, -0.15) is 0 Å². The van der Waals surface area contributed by atoms with Gasteiger partial charge in [0.2, 0.25) is 11.8 Å². The summed E-state index contributed by atoms with van der Waals surface area (Å²) in [5, 5.41) is 4.44. The predicted octanol–water partition coefficient (Wildman–Crippen LogP) is 6.74. The first-order valence-electron chi connectivity index (χ1n) is 11.6. The number of carbonyl (C=O) groups excluding carboxylic acids is 2. The fraction of sp³-hybridized carbons (Fsp3) is 0.286. The Kier molecular flexibility index (Phi) is 10.0. The van der Waals surface area contributed by atoms with Crippen molar-refractivity contribution >= 4 is 46.6 Å². The lowest BCUT2D eigenvalue weighted by molar-refractivity contribution is -0.141. The molecule has 0 unspecified atom stereocenters. The average Bonchev–Trinajstić information content (AvgIpc) is 2.83. The molecule has 0 saturated carbocycles. The van der Waals surface area contributed by atoms with E-state index in [0.29, 0.717) is 27.9 Å². The molecule has 2 amide bonds. The van der Waals surface area contributed by atoms with Gasteiger partial charge in [-0.25, -0.2) is 0 Å². The summed E-state index contributed by atoms with van der Waals surface area (Å²) < 4.78 is 0. The van der Waals surface area contributed by atoms with Gasteiger partial charge < -0.3 is 10.2 Å². The van der Waals surface area contributed by atoms with Crippen molar-refractivity contribution in [3.63, 3.8) is 0 Å². The van der Waals surface area contributed by atoms with Gasteiger partial charge in [0, 0.05) is 30.5 Å². The number of hydrogen-bond acceptors (Lipinski definition) is 2. The number of benzene rings is 3. The van der Waals surface area contributed by atoms with E-state index in [0.717, 1.165) is 16.7 Å². The number of nitrogens with zero attached hydrogens (tertiary/aromatic N) is 1. The van der Waals surface area contributed by atoms with Crippen molar-refractivity contribution in [3.8, 4) is 0 Å². The molecule has 0 fully saturated rings. The van der Waals surface area contributed by atoms with Crippen LogP contribution in [0.5, 0.6) is 0 Å². The number of nitrogens with one attached hydrogen (secondary N) is 1. The second-order valence-corrected chi connectivity index (χ2v) is 9.95. The van der Waals surface area contributed by atoms with E-state index in [9.17, 15) is 9.59 Å². The number of rotatable bonds is 10. The summed E-state index contributed by atoms with van der Waals surface area (Å²) >= 11 is 18.7. The zero-order valence-corrected chi connectivity index (χ0v) is 22.1. The molecule has 0 heterocycles. The van der Waals surface area contributed by atoms with E-state index in [4.69, 9.17) is 34.8 Å². The van der Waals surface area contributed by atoms with E-state index in [1.54, 1.807) is 17.0 Å². The Balaban J connectivity index is 1.93. The van der Waals surface area contributed by atoms with Gasteiger partial charge in [0.25, 0.3) is 0 Å². The molecule has 0 aromatic heterocycles. The first-order chi connectivity index (χ1) is 16.7. The Bertz CT molecular complexity index is 1150. The van der Waals surface area contributed by atoms with Crippen LogP contribution in [0, 0.1) is 0 Å². The fourth-order valence-corrected chi connectivity index (χ4v) is 4.41. The molecule has 1 N–H and O–H groups in total. The lowest BCUT2D eigenvalue weighted by atomic mass is 10.0. The van der Waals surface area contributed by atoms with Gasteiger partial charge in [-0.05, 0) is 55.2 Å². The van der Waals surface area contributed by atoms with Crippen molar-refractivity contribution < 1.29 is 9.59 Å². The maximum Gasteiger partial charge on any atom is 0.243 e. The van der Waals surface area contributed by atoms with Gasteiger partial charge in [0.1, 0.15) is 6.04 Å². The molecular weight excluding hydrogens is 503 g/mol. The standard InChI is InChI=1S/C28H29Cl3N2O2/c1-19(2)32-28(35)26(17-20-8-4-3-5-9-20)33(18-21-12-14-24(30)25(31)16-21)27(34)15-13-22-10-6-7-11-23(22)29/h3-12,14,16,19,26H,13,15,17-18H2,1-2H3,(H,32,35)/t26-/m1/s1. The van der Waals surface area contributed by atoms with Crippen LogP contribution >= 0.6 is 34.8 Å². The molecule has 3 aromatic carbocycles. The van der Waals surface area contributed by atoms with Crippen molar-refractivity contribution in [2.45, 2.75) is 51.7 Å². The van der Waals surface area contributed by atoms with E-state index in [2.05, 4.69) is 5.32 Å². The SMILES string of the molecule is CC(C)NC(=O)[C@@H](Cc1ccccc1)N(Cc1ccc(Cl)c(Cl)c1)C(=O)CCc1ccccc1Cl. The first kappa shape index (κ1) is 27.1. The molecule has 0 bridgehead atoms. The molecule has 3 aromatic rings. The average molecular weight is 532 g/mol. The summed E-state index contributed by atoms with van der Waals surface area (Å²) in [4.78, 5) is 28.7. The van der Waals surface area contributed by atoms with Crippen molar-refractivity contribution in [2.75, 3.05) is 0 Å². The maximum absolute atomic E-state index is 13.6. The maximum atomic E-state index is 13.6. The Morgan fingerprint density at radius 2 is 1.51 bits per heavy atom. The van der Waals surface area contributed by atoms with Crippen LogP contribution in [0.25, 0.3) is 0 Å². The lowest BCUT2D eigenvalue weighted by Gasteiger charge is -2.32. The molecule has 184 valence electrons. The van der Waals surface area contributed by atoms with Crippen LogP contribution < -0.4 is 5.32 Å². The van der Waals surface area contributed by atoms with E-state index in [1.165, 1.54) is 0 Å². The molecule has 0 spiro atoms. The van der Waals surface area contributed by atoms with Crippen LogP contribution in [-0.4, -0.2) is 28.8 Å².